The molecule has 1 unspecified atom stereocenters. The number of ether oxygens (including phenoxy) is 3. The van der Waals surface area contributed by atoms with Gasteiger partial charge in [-0.2, -0.15) is 5.26 Å². The van der Waals surface area contributed by atoms with E-state index >= 15 is 0 Å². The third-order valence-corrected chi connectivity index (χ3v) is 6.77. The van der Waals surface area contributed by atoms with Crippen LogP contribution in [0.2, 0.25) is 5.02 Å². The van der Waals surface area contributed by atoms with E-state index in [0.717, 1.165) is 14.7 Å². The van der Waals surface area contributed by atoms with Crippen molar-refractivity contribution in [2.45, 2.75) is 38.7 Å². The predicted octanol–water partition coefficient (Wildman–Crippen LogP) is 5.74. The van der Waals surface area contributed by atoms with Crippen molar-refractivity contribution < 1.29 is 19.0 Å². The van der Waals surface area contributed by atoms with Gasteiger partial charge in [-0.15, -0.1) is 0 Å². The van der Waals surface area contributed by atoms with Crippen molar-refractivity contribution >= 4 is 40.0 Å². The Balaban J connectivity index is 1.77. The van der Waals surface area contributed by atoms with Crippen LogP contribution in [0.3, 0.4) is 0 Å². The van der Waals surface area contributed by atoms with Crippen molar-refractivity contribution in [2.75, 3.05) is 6.61 Å². The van der Waals surface area contributed by atoms with Crippen molar-refractivity contribution in [1.82, 2.24) is 0 Å². The van der Waals surface area contributed by atoms with Crippen molar-refractivity contribution in [3.05, 3.63) is 78.9 Å². The second-order valence-electron chi connectivity index (χ2n) is 7.68. The molecule has 33 heavy (non-hydrogen) atoms. The summed E-state index contributed by atoms with van der Waals surface area (Å²) >= 11 is 8.45. The molecule has 0 amide bonds. The smallest absolute Gasteiger partial charge is 0.205 e. The van der Waals surface area contributed by atoms with Gasteiger partial charge in [0.1, 0.15) is 24.0 Å². The maximum absolute atomic E-state index is 12.9. The SMILES string of the molecule is CCOc1cc(C2C(C#N)=C(N)OC3=C2C(=O)CCC3)cc(I)c1OCc1ccccc1Cl. The van der Waals surface area contributed by atoms with E-state index in [1.54, 1.807) is 0 Å². The minimum atomic E-state index is -0.600. The summed E-state index contributed by atoms with van der Waals surface area (Å²) in [5, 5.41) is 10.5. The molecular weight excluding hydrogens is 555 g/mol. The van der Waals surface area contributed by atoms with E-state index in [4.69, 9.17) is 31.5 Å². The minimum absolute atomic E-state index is 0.0199. The second-order valence-corrected chi connectivity index (χ2v) is 9.25. The Morgan fingerprint density at radius 3 is 2.79 bits per heavy atom. The quantitative estimate of drug-likeness (QED) is 0.441. The lowest BCUT2D eigenvalue weighted by molar-refractivity contribution is -0.116. The number of benzene rings is 2. The topological polar surface area (TPSA) is 94.6 Å². The van der Waals surface area contributed by atoms with Gasteiger partial charge in [0.25, 0.3) is 0 Å². The van der Waals surface area contributed by atoms with Crippen molar-refractivity contribution in [1.29, 1.82) is 5.26 Å². The van der Waals surface area contributed by atoms with Gasteiger partial charge in [0.05, 0.1) is 16.1 Å². The maximum Gasteiger partial charge on any atom is 0.205 e. The van der Waals surface area contributed by atoms with E-state index in [9.17, 15) is 10.1 Å². The molecule has 0 bridgehead atoms. The van der Waals surface area contributed by atoms with Crippen LogP contribution in [-0.2, 0) is 16.1 Å². The van der Waals surface area contributed by atoms with Gasteiger partial charge in [0.2, 0.25) is 5.88 Å². The Morgan fingerprint density at radius 2 is 2.06 bits per heavy atom. The van der Waals surface area contributed by atoms with Crippen LogP contribution in [0.5, 0.6) is 11.5 Å². The normalized spacial score (nSPS) is 17.9. The van der Waals surface area contributed by atoms with Crippen LogP contribution in [0.1, 0.15) is 43.2 Å². The zero-order chi connectivity index (χ0) is 23.5. The summed E-state index contributed by atoms with van der Waals surface area (Å²) in [6.45, 7) is 2.58. The fourth-order valence-electron chi connectivity index (χ4n) is 4.11. The third-order valence-electron chi connectivity index (χ3n) is 5.60. The first-order chi connectivity index (χ1) is 15.9. The largest absolute Gasteiger partial charge is 0.490 e. The average Bonchev–Trinajstić information content (AvgIpc) is 2.79. The van der Waals surface area contributed by atoms with Gasteiger partial charge in [-0.25, -0.2) is 0 Å². The lowest BCUT2D eigenvalue weighted by atomic mass is 9.77. The van der Waals surface area contributed by atoms with Gasteiger partial charge in [-0.3, -0.25) is 4.79 Å². The molecule has 0 saturated carbocycles. The van der Waals surface area contributed by atoms with E-state index < -0.39 is 5.92 Å². The van der Waals surface area contributed by atoms with Crippen LogP contribution in [-0.4, -0.2) is 12.4 Å². The first-order valence-electron chi connectivity index (χ1n) is 10.6. The Bertz CT molecular complexity index is 1220. The molecule has 1 aliphatic carbocycles. The van der Waals surface area contributed by atoms with E-state index in [-0.39, 0.29) is 23.8 Å². The highest BCUT2D eigenvalue weighted by molar-refractivity contribution is 14.1. The lowest BCUT2D eigenvalue weighted by Crippen LogP contribution is -2.27. The molecule has 170 valence electrons. The molecule has 1 heterocycles. The predicted molar refractivity (Wildman–Crippen MR) is 133 cm³/mol. The number of carbonyl (C=O) groups excluding carboxylic acids is 1. The fraction of sp³-hybridized carbons (Fsp3) is 0.280. The number of halogens is 2. The van der Waals surface area contributed by atoms with Crippen molar-refractivity contribution in [2.24, 2.45) is 5.73 Å². The number of Topliss-reactive ketones (excluding diaryl/α,β-unsaturated/α-hetero) is 1. The molecule has 2 aromatic carbocycles. The summed E-state index contributed by atoms with van der Waals surface area (Å²) in [4.78, 5) is 12.9. The zero-order valence-electron chi connectivity index (χ0n) is 18.0. The summed E-state index contributed by atoms with van der Waals surface area (Å²) in [5.41, 5.74) is 8.41. The zero-order valence-corrected chi connectivity index (χ0v) is 20.9. The van der Waals surface area contributed by atoms with Gasteiger partial charge in [-0.05, 0) is 59.7 Å². The summed E-state index contributed by atoms with van der Waals surface area (Å²) in [7, 11) is 0. The molecule has 0 spiro atoms. The highest BCUT2D eigenvalue weighted by Crippen LogP contribution is 2.46. The Kier molecular flexibility index (Phi) is 7.15. The number of nitrogens with zero attached hydrogens (tertiary/aromatic N) is 1. The number of nitriles is 1. The van der Waals surface area contributed by atoms with Crippen LogP contribution in [0.15, 0.2) is 59.2 Å². The number of nitrogens with two attached hydrogens (primary N) is 1. The van der Waals surface area contributed by atoms with Crippen LogP contribution in [0, 0.1) is 14.9 Å². The third kappa shape index (κ3) is 4.68. The number of rotatable bonds is 6. The molecule has 0 aromatic heterocycles. The highest BCUT2D eigenvalue weighted by Gasteiger charge is 2.38. The molecule has 0 saturated heterocycles. The minimum Gasteiger partial charge on any atom is -0.490 e. The molecule has 0 fully saturated rings. The first-order valence-corrected chi connectivity index (χ1v) is 12.1. The Hall–Kier alpha value is -2.70. The summed E-state index contributed by atoms with van der Waals surface area (Å²) in [6.07, 6.45) is 1.74. The molecule has 2 aromatic rings. The van der Waals surface area contributed by atoms with Crippen LogP contribution < -0.4 is 15.2 Å². The monoisotopic (exact) mass is 576 g/mol. The van der Waals surface area contributed by atoms with Gasteiger partial charge in [0, 0.05) is 29.0 Å². The van der Waals surface area contributed by atoms with E-state index in [2.05, 4.69) is 28.7 Å². The van der Waals surface area contributed by atoms with E-state index in [1.807, 2.05) is 43.3 Å². The van der Waals surface area contributed by atoms with Crippen LogP contribution >= 0.6 is 34.2 Å². The molecule has 2 N–H and O–H groups in total. The number of hydrogen-bond donors (Lipinski definition) is 1. The van der Waals surface area contributed by atoms with Gasteiger partial charge in [-0.1, -0.05) is 29.8 Å². The number of hydrogen-bond acceptors (Lipinski definition) is 6. The molecule has 8 heteroatoms. The maximum atomic E-state index is 12.9. The van der Waals surface area contributed by atoms with E-state index in [0.29, 0.717) is 53.7 Å². The summed E-state index contributed by atoms with van der Waals surface area (Å²) < 4.78 is 18.5. The molecule has 1 atom stereocenters. The van der Waals surface area contributed by atoms with Crippen LogP contribution in [0.4, 0.5) is 0 Å². The molecule has 1 aliphatic heterocycles. The van der Waals surface area contributed by atoms with Crippen molar-refractivity contribution in [3.8, 4) is 17.6 Å². The van der Waals surface area contributed by atoms with Gasteiger partial charge < -0.3 is 19.9 Å². The lowest BCUT2D eigenvalue weighted by Gasteiger charge is -2.31. The second kappa shape index (κ2) is 10.1. The molecule has 0 radical (unpaired) electrons. The fourth-order valence-corrected chi connectivity index (χ4v) is 5.08. The number of ketones is 1. The van der Waals surface area contributed by atoms with Gasteiger partial charge in [0.15, 0.2) is 17.3 Å². The van der Waals surface area contributed by atoms with Gasteiger partial charge >= 0.3 is 0 Å². The number of allylic oxidation sites excluding steroid dienone is 3. The van der Waals surface area contributed by atoms with Crippen LogP contribution in [0.25, 0.3) is 0 Å². The molecular formula is C25H22ClIN2O4. The number of carbonyl (C=O) groups is 1. The summed E-state index contributed by atoms with van der Waals surface area (Å²) in [6, 6.07) is 13.4. The Morgan fingerprint density at radius 1 is 1.27 bits per heavy atom. The molecule has 6 nitrogen and oxygen atoms in total. The molecule has 2 aliphatic rings. The van der Waals surface area contributed by atoms with E-state index in [1.165, 1.54) is 0 Å². The summed E-state index contributed by atoms with van der Waals surface area (Å²) in [5.74, 6) is 1.08. The first kappa shape index (κ1) is 23.5. The highest BCUT2D eigenvalue weighted by atomic mass is 127. The molecule has 4 rings (SSSR count). The standard InChI is InChI=1S/C25H22ClIN2O4/c1-2-31-21-11-15(10-18(27)24(21)32-13-14-6-3-4-7-17(14)26)22-16(12-28)25(29)33-20-9-5-8-19(30)23(20)22/h3-4,6-7,10-11,22H,2,5,8-9,13,29H2,1H3. The average molecular weight is 577 g/mol. The Labute approximate surface area is 211 Å². The van der Waals surface area contributed by atoms with Crippen molar-refractivity contribution in [3.63, 3.8) is 0 Å².